The zero-order valence-electron chi connectivity index (χ0n) is 10.0. The largest absolute Gasteiger partial charge is 0.324 e. The number of rotatable bonds is 3. The van der Waals surface area contributed by atoms with Gasteiger partial charge < -0.3 is 5.32 Å². The number of benzene rings is 1. The van der Waals surface area contributed by atoms with Crippen molar-refractivity contribution < 1.29 is 17.6 Å². The van der Waals surface area contributed by atoms with Crippen molar-refractivity contribution in [2.75, 3.05) is 16.8 Å². The highest BCUT2D eigenvalue weighted by atomic mass is 35.5. The molecule has 1 amide bonds. The van der Waals surface area contributed by atoms with Crippen LogP contribution in [-0.2, 0) is 14.6 Å². The number of anilines is 1. The van der Waals surface area contributed by atoms with Crippen LogP contribution in [-0.4, -0.2) is 25.8 Å². The molecule has 1 aliphatic rings. The van der Waals surface area contributed by atoms with Gasteiger partial charge in [-0.25, -0.2) is 12.8 Å². The molecule has 1 fully saturated rings. The van der Waals surface area contributed by atoms with Gasteiger partial charge in [0.05, 0.1) is 17.2 Å². The highest BCUT2D eigenvalue weighted by Gasteiger charge is 2.29. The van der Waals surface area contributed by atoms with Crippen molar-refractivity contribution >= 4 is 33.0 Å². The predicted octanol–water partition coefficient (Wildman–Crippen LogP) is 2.24. The van der Waals surface area contributed by atoms with E-state index in [0.717, 1.165) is 6.07 Å². The van der Waals surface area contributed by atoms with E-state index < -0.39 is 15.7 Å². The minimum Gasteiger partial charge on any atom is -0.324 e. The molecule has 104 valence electrons. The van der Waals surface area contributed by atoms with E-state index >= 15 is 0 Å². The SMILES string of the molecule is O=C(C[C@H]1CCS(=O)(=O)C1)Nc1ccc(Cl)cc1F. The van der Waals surface area contributed by atoms with Crippen LogP contribution in [0, 0.1) is 11.7 Å². The van der Waals surface area contributed by atoms with Gasteiger partial charge in [0, 0.05) is 11.4 Å². The topological polar surface area (TPSA) is 63.2 Å². The Labute approximate surface area is 115 Å². The van der Waals surface area contributed by atoms with E-state index in [1.165, 1.54) is 12.1 Å². The molecule has 0 radical (unpaired) electrons. The standard InChI is InChI=1S/C12H13ClFNO3S/c13-9-1-2-11(10(14)6-9)15-12(16)5-8-3-4-19(17,18)7-8/h1-2,6,8H,3-5,7H2,(H,15,16)/t8-/m1/s1. The molecule has 0 saturated carbocycles. The molecule has 1 saturated heterocycles. The van der Waals surface area contributed by atoms with Gasteiger partial charge in [-0.3, -0.25) is 4.79 Å². The van der Waals surface area contributed by atoms with E-state index in [1.54, 1.807) is 0 Å². The molecular weight excluding hydrogens is 293 g/mol. The second-order valence-corrected chi connectivity index (χ2v) is 7.31. The lowest BCUT2D eigenvalue weighted by Crippen LogP contribution is -2.18. The average molecular weight is 306 g/mol. The van der Waals surface area contributed by atoms with Gasteiger partial charge in [0.25, 0.3) is 0 Å². The van der Waals surface area contributed by atoms with Crippen molar-refractivity contribution in [3.8, 4) is 0 Å². The van der Waals surface area contributed by atoms with Gasteiger partial charge in [0.15, 0.2) is 9.84 Å². The maximum Gasteiger partial charge on any atom is 0.224 e. The molecule has 0 aliphatic carbocycles. The third kappa shape index (κ3) is 3.91. The van der Waals surface area contributed by atoms with Crippen molar-refractivity contribution in [2.45, 2.75) is 12.8 Å². The number of carbonyl (C=O) groups is 1. The summed E-state index contributed by atoms with van der Waals surface area (Å²) in [7, 11) is -3.00. The molecule has 0 bridgehead atoms. The summed E-state index contributed by atoms with van der Waals surface area (Å²) in [5.74, 6) is -1.02. The van der Waals surface area contributed by atoms with Gasteiger partial charge in [-0.2, -0.15) is 0 Å². The monoisotopic (exact) mass is 305 g/mol. The summed E-state index contributed by atoms with van der Waals surface area (Å²) < 4.78 is 36.0. The maximum absolute atomic E-state index is 13.5. The van der Waals surface area contributed by atoms with Crippen molar-refractivity contribution in [1.82, 2.24) is 0 Å². The van der Waals surface area contributed by atoms with Crippen molar-refractivity contribution in [3.05, 3.63) is 29.0 Å². The van der Waals surface area contributed by atoms with E-state index in [9.17, 15) is 17.6 Å². The second-order valence-electron chi connectivity index (χ2n) is 4.65. The number of carbonyl (C=O) groups excluding carboxylic acids is 1. The van der Waals surface area contributed by atoms with Gasteiger partial charge in [0.2, 0.25) is 5.91 Å². The number of nitrogens with one attached hydrogen (secondary N) is 1. The highest BCUT2D eigenvalue weighted by Crippen LogP contribution is 2.23. The van der Waals surface area contributed by atoms with Gasteiger partial charge in [-0.15, -0.1) is 0 Å². The first-order chi connectivity index (χ1) is 8.85. The Morgan fingerprint density at radius 2 is 2.21 bits per heavy atom. The second kappa shape index (κ2) is 5.46. The molecule has 1 atom stereocenters. The number of sulfone groups is 1. The van der Waals surface area contributed by atoms with E-state index in [2.05, 4.69) is 5.32 Å². The minimum atomic E-state index is -3.00. The van der Waals surface area contributed by atoms with Crippen LogP contribution in [0.5, 0.6) is 0 Å². The lowest BCUT2D eigenvalue weighted by molar-refractivity contribution is -0.116. The Morgan fingerprint density at radius 1 is 1.47 bits per heavy atom. The van der Waals surface area contributed by atoms with Crippen molar-refractivity contribution in [3.63, 3.8) is 0 Å². The molecule has 1 N–H and O–H groups in total. The summed E-state index contributed by atoms with van der Waals surface area (Å²) in [6, 6.07) is 3.96. The van der Waals surface area contributed by atoms with Crippen LogP contribution in [0.3, 0.4) is 0 Å². The summed E-state index contributed by atoms with van der Waals surface area (Å²) in [6.07, 6.45) is 0.570. The molecule has 0 unspecified atom stereocenters. The Hall–Kier alpha value is -1.14. The van der Waals surface area contributed by atoms with Crippen LogP contribution in [0.4, 0.5) is 10.1 Å². The summed E-state index contributed by atoms with van der Waals surface area (Å²) >= 11 is 5.60. The Morgan fingerprint density at radius 3 is 2.79 bits per heavy atom. The third-order valence-electron chi connectivity index (χ3n) is 3.01. The first kappa shape index (κ1) is 14.3. The lowest BCUT2D eigenvalue weighted by atomic mass is 10.1. The van der Waals surface area contributed by atoms with Gasteiger partial charge in [-0.1, -0.05) is 11.6 Å². The molecular formula is C12H13ClFNO3S. The fourth-order valence-corrected chi connectivity index (χ4v) is 4.11. The summed E-state index contributed by atoms with van der Waals surface area (Å²) in [6.45, 7) is 0. The van der Waals surface area contributed by atoms with Crippen LogP contribution in [0.15, 0.2) is 18.2 Å². The smallest absolute Gasteiger partial charge is 0.224 e. The summed E-state index contributed by atoms with van der Waals surface area (Å²) in [5, 5.41) is 2.67. The Kier molecular flexibility index (Phi) is 4.10. The van der Waals surface area contributed by atoms with Crippen LogP contribution >= 0.6 is 11.6 Å². The molecule has 1 heterocycles. The molecule has 1 aromatic carbocycles. The zero-order valence-corrected chi connectivity index (χ0v) is 11.6. The van der Waals surface area contributed by atoms with Gasteiger partial charge >= 0.3 is 0 Å². The fraction of sp³-hybridized carbons (Fsp3) is 0.417. The fourth-order valence-electron chi connectivity index (χ4n) is 2.09. The number of hydrogen-bond acceptors (Lipinski definition) is 3. The van der Waals surface area contributed by atoms with E-state index in [4.69, 9.17) is 11.6 Å². The number of amides is 1. The zero-order chi connectivity index (χ0) is 14.0. The third-order valence-corrected chi connectivity index (χ3v) is 5.08. The lowest BCUT2D eigenvalue weighted by Gasteiger charge is -2.09. The predicted molar refractivity (Wildman–Crippen MR) is 71.4 cm³/mol. The first-order valence-electron chi connectivity index (χ1n) is 5.81. The first-order valence-corrected chi connectivity index (χ1v) is 8.01. The molecule has 2 rings (SSSR count). The van der Waals surface area contributed by atoms with Crippen molar-refractivity contribution in [2.24, 2.45) is 5.92 Å². The normalized spacial score (nSPS) is 21.3. The van der Waals surface area contributed by atoms with Gasteiger partial charge in [0.1, 0.15) is 5.82 Å². The number of halogens is 2. The number of hydrogen-bond donors (Lipinski definition) is 1. The molecule has 1 aromatic rings. The maximum atomic E-state index is 13.5. The summed E-state index contributed by atoms with van der Waals surface area (Å²) in [5.41, 5.74) is 0.0512. The van der Waals surface area contributed by atoms with Crippen LogP contribution in [0.2, 0.25) is 5.02 Å². The van der Waals surface area contributed by atoms with E-state index in [-0.39, 0.29) is 40.5 Å². The van der Waals surface area contributed by atoms with Gasteiger partial charge in [-0.05, 0) is 30.5 Å². The molecule has 1 aliphatic heterocycles. The molecule has 0 spiro atoms. The van der Waals surface area contributed by atoms with E-state index in [1.807, 2.05) is 0 Å². The molecule has 19 heavy (non-hydrogen) atoms. The molecule has 7 heteroatoms. The van der Waals surface area contributed by atoms with Crippen LogP contribution < -0.4 is 5.32 Å². The van der Waals surface area contributed by atoms with E-state index in [0.29, 0.717) is 6.42 Å². The van der Waals surface area contributed by atoms with Crippen LogP contribution in [0.1, 0.15) is 12.8 Å². The molecule has 0 aromatic heterocycles. The highest BCUT2D eigenvalue weighted by molar-refractivity contribution is 7.91. The quantitative estimate of drug-likeness (QED) is 0.931. The van der Waals surface area contributed by atoms with Crippen molar-refractivity contribution in [1.29, 1.82) is 0 Å². The minimum absolute atomic E-state index is 0.0313. The summed E-state index contributed by atoms with van der Waals surface area (Å²) in [4.78, 5) is 11.7. The Balaban J connectivity index is 1.95. The molecule has 4 nitrogen and oxygen atoms in total. The van der Waals surface area contributed by atoms with Crippen LogP contribution in [0.25, 0.3) is 0 Å². The Bertz CT molecular complexity index is 603. The average Bonchev–Trinajstić information content (AvgIpc) is 2.62.